The third kappa shape index (κ3) is 3.88. The largest absolute Gasteiger partial charge is 0.505 e. The van der Waals surface area contributed by atoms with Crippen LogP contribution in [-0.4, -0.2) is 36.5 Å². The average Bonchev–Trinajstić information content (AvgIpc) is 3.21. The van der Waals surface area contributed by atoms with Crippen molar-refractivity contribution in [2.24, 2.45) is 0 Å². The van der Waals surface area contributed by atoms with Gasteiger partial charge in [-0.3, -0.25) is 14.0 Å². The maximum atomic E-state index is 12.5. The number of amides is 2. The molecule has 2 amide bonds. The van der Waals surface area contributed by atoms with E-state index in [0.717, 1.165) is 5.56 Å². The lowest BCUT2D eigenvalue weighted by Crippen LogP contribution is -2.23. The Hall–Kier alpha value is -4.27. The number of anilines is 1. The molecule has 0 spiro atoms. The van der Waals surface area contributed by atoms with Gasteiger partial charge in [-0.25, -0.2) is 4.98 Å². The van der Waals surface area contributed by atoms with E-state index < -0.39 is 5.91 Å². The first-order valence-corrected chi connectivity index (χ1v) is 8.72. The molecule has 0 aliphatic rings. The van der Waals surface area contributed by atoms with Crippen molar-refractivity contribution in [3.05, 3.63) is 84.1 Å². The lowest BCUT2D eigenvalue weighted by molar-refractivity contribution is 0.0950. The summed E-state index contributed by atoms with van der Waals surface area (Å²) in [4.78, 5) is 28.7. The fourth-order valence-electron chi connectivity index (χ4n) is 2.83. The van der Waals surface area contributed by atoms with E-state index in [1.807, 2.05) is 6.07 Å². The number of aromatic nitrogens is 4. The lowest BCUT2D eigenvalue weighted by atomic mass is 10.2. The summed E-state index contributed by atoms with van der Waals surface area (Å²) in [5.41, 5.74) is 2.13. The van der Waals surface area contributed by atoms with E-state index in [9.17, 15) is 14.7 Å². The summed E-state index contributed by atoms with van der Waals surface area (Å²) in [6, 6.07) is 13.4. The number of hydrogen-bond acceptors (Lipinski definition) is 6. The van der Waals surface area contributed by atoms with Gasteiger partial charge in [0.1, 0.15) is 12.1 Å². The quantitative estimate of drug-likeness (QED) is 0.481. The second-order valence-corrected chi connectivity index (χ2v) is 6.19. The predicted octanol–water partition coefficient (Wildman–Crippen LogP) is 2.01. The summed E-state index contributed by atoms with van der Waals surface area (Å²) in [7, 11) is 0. The molecule has 0 aliphatic heterocycles. The van der Waals surface area contributed by atoms with Crippen molar-refractivity contribution < 1.29 is 14.7 Å². The minimum absolute atomic E-state index is 0.0624. The highest BCUT2D eigenvalue weighted by Crippen LogP contribution is 2.17. The van der Waals surface area contributed by atoms with Crippen LogP contribution in [0.15, 0.2) is 67.3 Å². The first-order chi connectivity index (χ1) is 14.1. The molecule has 0 aliphatic carbocycles. The van der Waals surface area contributed by atoms with Crippen molar-refractivity contribution in [3.8, 4) is 5.75 Å². The zero-order valence-corrected chi connectivity index (χ0v) is 15.1. The first kappa shape index (κ1) is 18.1. The van der Waals surface area contributed by atoms with Gasteiger partial charge in [0, 0.05) is 24.6 Å². The van der Waals surface area contributed by atoms with Crippen molar-refractivity contribution >= 4 is 23.1 Å². The molecule has 9 nitrogen and oxygen atoms in total. The molecule has 0 bridgehead atoms. The molecular weight excluding hydrogens is 372 g/mol. The van der Waals surface area contributed by atoms with Gasteiger partial charge >= 0.3 is 0 Å². The Kier molecular flexibility index (Phi) is 4.85. The summed E-state index contributed by atoms with van der Waals surface area (Å²) in [5.74, 6) is -1.00. The van der Waals surface area contributed by atoms with Gasteiger partial charge in [-0.2, -0.15) is 0 Å². The summed E-state index contributed by atoms with van der Waals surface area (Å²) in [5, 5.41) is 23.0. The summed E-state index contributed by atoms with van der Waals surface area (Å²) in [6.45, 7) is 0.257. The summed E-state index contributed by atoms with van der Waals surface area (Å²) in [6.07, 6.45) is 4.71. The standard InChI is InChI=1S/C20H16N6O3/c27-16-7-2-8-21-17(16)20(29)24-14-5-1-4-13(10-14)11-22-19(28)15-6-3-9-26-12-23-25-18(15)26/h1-10,12,27H,11H2,(H,22,28)(H,24,29). The van der Waals surface area contributed by atoms with Gasteiger partial charge in [0.25, 0.3) is 11.8 Å². The third-order valence-corrected chi connectivity index (χ3v) is 4.21. The van der Waals surface area contributed by atoms with Crippen molar-refractivity contribution in [1.82, 2.24) is 24.9 Å². The van der Waals surface area contributed by atoms with E-state index in [0.29, 0.717) is 16.9 Å². The van der Waals surface area contributed by atoms with E-state index in [4.69, 9.17) is 0 Å². The fourth-order valence-corrected chi connectivity index (χ4v) is 2.83. The zero-order valence-electron chi connectivity index (χ0n) is 15.1. The van der Waals surface area contributed by atoms with Crippen LogP contribution in [0.25, 0.3) is 5.65 Å². The smallest absolute Gasteiger partial charge is 0.278 e. The highest BCUT2D eigenvalue weighted by atomic mass is 16.3. The minimum atomic E-state index is -0.525. The Labute approximate surface area is 165 Å². The van der Waals surface area contributed by atoms with E-state index in [1.165, 1.54) is 24.7 Å². The van der Waals surface area contributed by atoms with Crippen LogP contribution in [0.1, 0.15) is 26.4 Å². The van der Waals surface area contributed by atoms with Crippen LogP contribution in [-0.2, 0) is 6.54 Å². The van der Waals surface area contributed by atoms with E-state index >= 15 is 0 Å². The minimum Gasteiger partial charge on any atom is -0.505 e. The maximum absolute atomic E-state index is 12.5. The van der Waals surface area contributed by atoms with Crippen LogP contribution < -0.4 is 10.6 Å². The zero-order chi connectivity index (χ0) is 20.2. The van der Waals surface area contributed by atoms with Gasteiger partial charge in [-0.1, -0.05) is 12.1 Å². The van der Waals surface area contributed by atoms with Crippen LogP contribution >= 0.6 is 0 Å². The van der Waals surface area contributed by atoms with E-state index in [1.54, 1.807) is 40.9 Å². The maximum Gasteiger partial charge on any atom is 0.278 e. The molecule has 1 aromatic carbocycles. The molecule has 9 heteroatoms. The van der Waals surface area contributed by atoms with Crippen LogP contribution in [0.4, 0.5) is 5.69 Å². The Bertz CT molecular complexity index is 1200. The molecule has 0 radical (unpaired) electrons. The molecule has 144 valence electrons. The lowest BCUT2D eigenvalue weighted by Gasteiger charge is -2.09. The second-order valence-electron chi connectivity index (χ2n) is 6.19. The highest BCUT2D eigenvalue weighted by Gasteiger charge is 2.14. The second kappa shape index (κ2) is 7.77. The predicted molar refractivity (Wildman–Crippen MR) is 104 cm³/mol. The molecule has 0 fully saturated rings. The molecule has 3 heterocycles. The number of aromatic hydroxyl groups is 1. The average molecular weight is 388 g/mol. The number of nitrogens with one attached hydrogen (secondary N) is 2. The molecule has 3 aromatic heterocycles. The van der Waals surface area contributed by atoms with Crippen molar-refractivity contribution in [2.75, 3.05) is 5.32 Å². The molecule has 0 unspecified atom stereocenters. The van der Waals surface area contributed by atoms with Crippen LogP contribution in [0.3, 0.4) is 0 Å². The molecular formula is C20H16N6O3. The Balaban J connectivity index is 1.44. The van der Waals surface area contributed by atoms with Gasteiger partial charge in [0.05, 0.1) is 5.56 Å². The Morgan fingerprint density at radius 2 is 1.97 bits per heavy atom. The number of pyridine rings is 2. The Morgan fingerprint density at radius 3 is 2.83 bits per heavy atom. The number of hydrogen-bond donors (Lipinski definition) is 3. The summed E-state index contributed by atoms with van der Waals surface area (Å²) >= 11 is 0. The number of benzene rings is 1. The monoisotopic (exact) mass is 388 g/mol. The van der Waals surface area contributed by atoms with Crippen molar-refractivity contribution in [1.29, 1.82) is 0 Å². The van der Waals surface area contributed by atoms with E-state index in [2.05, 4.69) is 25.8 Å². The highest BCUT2D eigenvalue weighted by molar-refractivity contribution is 6.04. The number of nitrogens with zero attached hydrogens (tertiary/aromatic N) is 4. The molecule has 4 aromatic rings. The molecule has 29 heavy (non-hydrogen) atoms. The number of carbonyl (C=O) groups is 2. The van der Waals surface area contributed by atoms with Gasteiger partial charge < -0.3 is 15.7 Å². The molecule has 0 atom stereocenters. The molecule has 0 saturated carbocycles. The third-order valence-electron chi connectivity index (χ3n) is 4.21. The van der Waals surface area contributed by atoms with Crippen molar-refractivity contribution in [2.45, 2.75) is 6.54 Å². The normalized spacial score (nSPS) is 10.6. The van der Waals surface area contributed by atoms with Gasteiger partial charge in [0.2, 0.25) is 0 Å². The SMILES string of the molecule is O=C(Nc1cccc(CNC(=O)c2cccn3cnnc23)c1)c1ncccc1O. The van der Waals surface area contributed by atoms with E-state index in [-0.39, 0.29) is 23.9 Å². The fraction of sp³-hybridized carbons (Fsp3) is 0.0500. The Morgan fingerprint density at radius 1 is 1.07 bits per heavy atom. The molecule has 4 rings (SSSR count). The number of fused-ring (bicyclic) bond motifs is 1. The van der Waals surface area contributed by atoms with Crippen LogP contribution in [0.5, 0.6) is 5.75 Å². The first-order valence-electron chi connectivity index (χ1n) is 8.72. The van der Waals surface area contributed by atoms with Gasteiger partial charge in [-0.05, 0) is 42.0 Å². The molecule has 0 saturated heterocycles. The van der Waals surface area contributed by atoms with Crippen molar-refractivity contribution in [3.63, 3.8) is 0 Å². The topological polar surface area (TPSA) is 122 Å². The number of carbonyl (C=O) groups excluding carboxylic acids is 2. The summed E-state index contributed by atoms with van der Waals surface area (Å²) < 4.78 is 1.66. The van der Waals surface area contributed by atoms with Gasteiger partial charge in [-0.15, -0.1) is 10.2 Å². The van der Waals surface area contributed by atoms with Gasteiger partial charge in [0.15, 0.2) is 11.3 Å². The molecule has 3 N–H and O–H groups in total. The number of rotatable bonds is 5. The van der Waals surface area contributed by atoms with Crippen LogP contribution in [0, 0.1) is 0 Å². The van der Waals surface area contributed by atoms with Crippen LogP contribution in [0.2, 0.25) is 0 Å².